The standard InChI is InChI=1S/C14H26N4/c1-11-12(2)16-18(13(11)3)10-7-15-14-5-8-17(4)9-6-14/h14-15H,5-10H2,1-4H3. The van der Waals surface area contributed by atoms with Gasteiger partial charge in [0.2, 0.25) is 0 Å². The molecule has 18 heavy (non-hydrogen) atoms. The van der Waals surface area contributed by atoms with Crippen LogP contribution in [-0.2, 0) is 6.54 Å². The third kappa shape index (κ3) is 3.12. The fourth-order valence-electron chi connectivity index (χ4n) is 2.59. The minimum Gasteiger partial charge on any atom is -0.312 e. The number of aryl methyl sites for hydroxylation is 1. The summed E-state index contributed by atoms with van der Waals surface area (Å²) in [4.78, 5) is 2.41. The van der Waals surface area contributed by atoms with Crippen molar-refractivity contribution in [1.82, 2.24) is 20.0 Å². The molecule has 0 spiro atoms. The van der Waals surface area contributed by atoms with Crippen molar-refractivity contribution in [3.63, 3.8) is 0 Å². The van der Waals surface area contributed by atoms with Crippen LogP contribution in [0.25, 0.3) is 0 Å². The molecule has 1 N–H and O–H groups in total. The number of hydrogen-bond donors (Lipinski definition) is 1. The first kappa shape index (κ1) is 13.6. The molecule has 1 aromatic rings. The van der Waals surface area contributed by atoms with Crippen molar-refractivity contribution in [1.29, 1.82) is 0 Å². The van der Waals surface area contributed by atoms with E-state index in [1.54, 1.807) is 0 Å². The second-order valence-electron chi connectivity index (χ2n) is 5.55. The molecular weight excluding hydrogens is 224 g/mol. The van der Waals surface area contributed by atoms with Crippen molar-refractivity contribution in [2.75, 3.05) is 26.7 Å². The monoisotopic (exact) mass is 250 g/mol. The summed E-state index contributed by atoms with van der Waals surface area (Å²) in [5.41, 5.74) is 3.79. The number of nitrogens with zero attached hydrogens (tertiary/aromatic N) is 3. The molecule has 0 amide bonds. The zero-order valence-electron chi connectivity index (χ0n) is 12.2. The van der Waals surface area contributed by atoms with E-state index in [-0.39, 0.29) is 0 Å². The van der Waals surface area contributed by atoms with Crippen molar-refractivity contribution < 1.29 is 0 Å². The lowest BCUT2D eigenvalue weighted by molar-refractivity contribution is 0.233. The minimum absolute atomic E-state index is 0.694. The summed E-state index contributed by atoms with van der Waals surface area (Å²) in [6.45, 7) is 10.8. The highest BCUT2D eigenvalue weighted by Crippen LogP contribution is 2.11. The van der Waals surface area contributed by atoms with Crippen LogP contribution in [0, 0.1) is 20.8 Å². The van der Waals surface area contributed by atoms with E-state index in [0.29, 0.717) is 6.04 Å². The van der Waals surface area contributed by atoms with Crippen LogP contribution >= 0.6 is 0 Å². The molecule has 4 heteroatoms. The van der Waals surface area contributed by atoms with Gasteiger partial charge in [-0.15, -0.1) is 0 Å². The molecular formula is C14H26N4. The lowest BCUT2D eigenvalue weighted by atomic mass is 10.1. The molecule has 2 rings (SSSR count). The Morgan fingerprint density at radius 1 is 1.22 bits per heavy atom. The molecule has 4 nitrogen and oxygen atoms in total. The largest absolute Gasteiger partial charge is 0.312 e. The topological polar surface area (TPSA) is 33.1 Å². The van der Waals surface area contributed by atoms with Crippen molar-refractivity contribution in [2.24, 2.45) is 0 Å². The maximum Gasteiger partial charge on any atom is 0.0625 e. The van der Waals surface area contributed by atoms with Gasteiger partial charge in [0.05, 0.1) is 12.2 Å². The highest BCUT2D eigenvalue weighted by Gasteiger charge is 2.15. The highest BCUT2D eigenvalue weighted by molar-refractivity contribution is 5.22. The molecule has 0 radical (unpaired) electrons. The van der Waals surface area contributed by atoms with Crippen LogP contribution in [0.2, 0.25) is 0 Å². The summed E-state index contributed by atoms with van der Waals surface area (Å²) in [6.07, 6.45) is 2.54. The number of piperidine rings is 1. The summed E-state index contributed by atoms with van der Waals surface area (Å²) in [7, 11) is 2.20. The summed E-state index contributed by atoms with van der Waals surface area (Å²) >= 11 is 0. The van der Waals surface area contributed by atoms with Crippen molar-refractivity contribution >= 4 is 0 Å². The second kappa shape index (κ2) is 5.85. The predicted octanol–water partition coefficient (Wildman–Crippen LogP) is 1.49. The Bertz CT molecular complexity index is 389. The van der Waals surface area contributed by atoms with Gasteiger partial charge in [-0.05, 0) is 59.3 Å². The van der Waals surface area contributed by atoms with Crippen LogP contribution < -0.4 is 5.32 Å². The van der Waals surface area contributed by atoms with Gasteiger partial charge in [-0.2, -0.15) is 5.10 Å². The molecule has 1 aliphatic rings. The van der Waals surface area contributed by atoms with E-state index in [0.717, 1.165) is 18.8 Å². The molecule has 1 aromatic heterocycles. The van der Waals surface area contributed by atoms with Gasteiger partial charge >= 0.3 is 0 Å². The third-order valence-electron chi connectivity index (χ3n) is 4.22. The molecule has 2 heterocycles. The molecule has 0 saturated carbocycles. The number of nitrogens with one attached hydrogen (secondary N) is 1. The van der Waals surface area contributed by atoms with Gasteiger partial charge in [-0.3, -0.25) is 4.68 Å². The smallest absolute Gasteiger partial charge is 0.0625 e. The maximum absolute atomic E-state index is 4.57. The molecule has 0 bridgehead atoms. The predicted molar refractivity (Wildman–Crippen MR) is 75.0 cm³/mol. The van der Waals surface area contributed by atoms with E-state index < -0.39 is 0 Å². The fourth-order valence-corrected chi connectivity index (χ4v) is 2.59. The van der Waals surface area contributed by atoms with Gasteiger partial charge < -0.3 is 10.2 Å². The highest BCUT2D eigenvalue weighted by atomic mass is 15.3. The van der Waals surface area contributed by atoms with E-state index in [9.17, 15) is 0 Å². The summed E-state index contributed by atoms with van der Waals surface area (Å²) in [5, 5.41) is 8.23. The summed E-state index contributed by atoms with van der Waals surface area (Å²) in [6, 6.07) is 0.694. The zero-order chi connectivity index (χ0) is 13.1. The van der Waals surface area contributed by atoms with E-state index in [2.05, 4.69) is 47.8 Å². The van der Waals surface area contributed by atoms with Crippen LogP contribution in [0.3, 0.4) is 0 Å². The molecule has 1 fully saturated rings. The zero-order valence-corrected chi connectivity index (χ0v) is 12.2. The van der Waals surface area contributed by atoms with Crippen LogP contribution in [0.15, 0.2) is 0 Å². The van der Waals surface area contributed by atoms with Crippen molar-refractivity contribution in [3.8, 4) is 0 Å². The van der Waals surface area contributed by atoms with Gasteiger partial charge in [0.25, 0.3) is 0 Å². The van der Waals surface area contributed by atoms with Crippen molar-refractivity contribution in [2.45, 2.75) is 46.2 Å². The molecule has 102 valence electrons. The van der Waals surface area contributed by atoms with Crippen LogP contribution in [0.5, 0.6) is 0 Å². The Morgan fingerprint density at radius 3 is 2.44 bits per heavy atom. The molecule has 1 saturated heterocycles. The minimum atomic E-state index is 0.694. The average Bonchev–Trinajstić information content (AvgIpc) is 2.60. The van der Waals surface area contributed by atoms with Crippen LogP contribution in [-0.4, -0.2) is 47.4 Å². The van der Waals surface area contributed by atoms with Gasteiger partial charge in [-0.25, -0.2) is 0 Å². The average molecular weight is 250 g/mol. The summed E-state index contributed by atoms with van der Waals surface area (Å²) < 4.78 is 2.13. The second-order valence-corrected chi connectivity index (χ2v) is 5.55. The number of likely N-dealkylation sites (tertiary alicyclic amines) is 1. The van der Waals surface area contributed by atoms with Gasteiger partial charge in [0, 0.05) is 18.3 Å². The Labute approximate surface area is 110 Å². The summed E-state index contributed by atoms with van der Waals surface area (Å²) in [5.74, 6) is 0. The van der Waals surface area contributed by atoms with E-state index >= 15 is 0 Å². The van der Waals surface area contributed by atoms with Crippen LogP contribution in [0.4, 0.5) is 0 Å². The Hall–Kier alpha value is -0.870. The lowest BCUT2D eigenvalue weighted by Gasteiger charge is -2.29. The van der Waals surface area contributed by atoms with Gasteiger partial charge in [0.15, 0.2) is 0 Å². The molecule has 1 aliphatic heterocycles. The Morgan fingerprint density at radius 2 is 1.89 bits per heavy atom. The number of aromatic nitrogens is 2. The number of rotatable bonds is 4. The fraction of sp³-hybridized carbons (Fsp3) is 0.786. The first-order valence-electron chi connectivity index (χ1n) is 7.00. The molecule has 0 unspecified atom stereocenters. The van der Waals surface area contributed by atoms with Gasteiger partial charge in [0.1, 0.15) is 0 Å². The third-order valence-corrected chi connectivity index (χ3v) is 4.22. The quantitative estimate of drug-likeness (QED) is 0.879. The SMILES string of the molecule is Cc1nn(CCNC2CCN(C)CC2)c(C)c1C. The van der Waals surface area contributed by atoms with E-state index in [1.165, 1.54) is 37.2 Å². The van der Waals surface area contributed by atoms with Crippen LogP contribution in [0.1, 0.15) is 29.8 Å². The lowest BCUT2D eigenvalue weighted by Crippen LogP contribution is -2.41. The number of hydrogen-bond acceptors (Lipinski definition) is 3. The molecule has 0 aliphatic carbocycles. The van der Waals surface area contributed by atoms with Gasteiger partial charge in [-0.1, -0.05) is 0 Å². The first-order valence-corrected chi connectivity index (χ1v) is 7.00. The first-order chi connectivity index (χ1) is 8.58. The maximum atomic E-state index is 4.57. The van der Waals surface area contributed by atoms with E-state index in [1.807, 2.05) is 0 Å². The van der Waals surface area contributed by atoms with Crippen molar-refractivity contribution in [3.05, 3.63) is 17.0 Å². The molecule has 0 aromatic carbocycles. The van der Waals surface area contributed by atoms with E-state index in [4.69, 9.17) is 0 Å². The Balaban J connectivity index is 1.76. The molecule has 0 atom stereocenters. The Kier molecular flexibility index (Phi) is 4.40. The normalized spacial score (nSPS) is 18.4.